The highest BCUT2D eigenvalue weighted by atomic mass is 32.1. The van der Waals surface area contributed by atoms with Gasteiger partial charge < -0.3 is 10.1 Å². The molecular formula is C15H21N3OS. The third-order valence-electron chi connectivity index (χ3n) is 2.82. The topological polar surface area (TPSA) is 47.0 Å². The van der Waals surface area contributed by atoms with Gasteiger partial charge in [0.15, 0.2) is 0 Å². The molecule has 4 nitrogen and oxygen atoms in total. The van der Waals surface area contributed by atoms with Crippen molar-refractivity contribution in [1.82, 2.24) is 9.97 Å². The second-order valence-electron chi connectivity index (χ2n) is 4.83. The molecule has 0 aliphatic rings. The third kappa shape index (κ3) is 3.93. The van der Waals surface area contributed by atoms with Crippen molar-refractivity contribution in [2.45, 2.75) is 40.2 Å². The summed E-state index contributed by atoms with van der Waals surface area (Å²) in [5.74, 6) is 1.26. The summed E-state index contributed by atoms with van der Waals surface area (Å²) in [6.07, 6.45) is 0.969. The first-order chi connectivity index (χ1) is 9.58. The van der Waals surface area contributed by atoms with E-state index < -0.39 is 0 Å². The maximum absolute atomic E-state index is 5.58. The van der Waals surface area contributed by atoms with E-state index in [-0.39, 0.29) is 6.04 Å². The molecule has 2 rings (SSSR count). The molecule has 0 fully saturated rings. The fraction of sp³-hybridized carbons (Fsp3) is 0.467. The number of hydrogen-bond donors (Lipinski definition) is 1. The quantitative estimate of drug-likeness (QED) is 0.869. The van der Waals surface area contributed by atoms with Gasteiger partial charge in [-0.2, -0.15) is 4.98 Å². The minimum absolute atomic E-state index is 0.189. The molecule has 0 spiro atoms. The smallest absolute Gasteiger partial charge is 0.226 e. The molecule has 2 aromatic heterocycles. The largest absolute Gasteiger partial charge is 0.478 e. The Hall–Kier alpha value is -1.62. The van der Waals surface area contributed by atoms with Gasteiger partial charge in [0, 0.05) is 21.5 Å². The van der Waals surface area contributed by atoms with Gasteiger partial charge in [0.2, 0.25) is 11.8 Å². The first-order valence-corrected chi connectivity index (χ1v) is 7.71. The molecule has 0 amide bonds. The molecule has 1 unspecified atom stereocenters. The Morgan fingerprint density at radius 2 is 2.10 bits per heavy atom. The Morgan fingerprint density at radius 3 is 2.75 bits per heavy atom. The summed E-state index contributed by atoms with van der Waals surface area (Å²) in [4.78, 5) is 11.4. The van der Waals surface area contributed by atoms with Crippen molar-refractivity contribution in [2.75, 3.05) is 11.9 Å². The van der Waals surface area contributed by atoms with Gasteiger partial charge in [-0.05, 0) is 39.3 Å². The summed E-state index contributed by atoms with van der Waals surface area (Å²) in [6.45, 7) is 8.93. The average Bonchev–Trinajstić information content (AvgIpc) is 2.82. The van der Waals surface area contributed by atoms with Crippen LogP contribution in [0.3, 0.4) is 0 Å². The number of aromatic nitrogens is 2. The number of anilines is 1. The van der Waals surface area contributed by atoms with Crippen LogP contribution in [0.15, 0.2) is 18.2 Å². The lowest BCUT2D eigenvalue weighted by Gasteiger charge is -2.13. The molecule has 0 aliphatic carbocycles. The second kappa shape index (κ2) is 6.70. The molecule has 0 bridgehead atoms. The zero-order valence-corrected chi connectivity index (χ0v) is 13.3. The summed E-state index contributed by atoms with van der Waals surface area (Å²) < 4.78 is 5.58. The Kier molecular flexibility index (Phi) is 4.95. The van der Waals surface area contributed by atoms with Gasteiger partial charge in [-0.1, -0.05) is 6.92 Å². The van der Waals surface area contributed by atoms with Crippen LogP contribution < -0.4 is 10.1 Å². The summed E-state index contributed by atoms with van der Waals surface area (Å²) in [5, 5.41) is 3.34. The standard InChI is InChI=1S/C15H21N3OS/c1-5-8-19-14-9-10(2)16-15(18-14)17-12(4)13-7-6-11(3)20-13/h6-7,9,12H,5,8H2,1-4H3,(H,16,17,18). The van der Waals surface area contributed by atoms with Crippen molar-refractivity contribution in [1.29, 1.82) is 0 Å². The number of rotatable bonds is 6. The van der Waals surface area contributed by atoms with E-state index >= 15 is 0 Å². The van der Waals surface area contributed by atoms with E-state index in [4.69, 9.17) is 4.74 Å². The molecule has 0 aliphatic heterocycles. The van der Waals surface area contributed by atoms with Crippen molar-refractivity contribution >= 4 is 17.3 Å². The van der Waals surface area contributed by atoms with Gasteiger partial charge >= 0.3 is 0 Å². The van der Waals surface area contributed by atoms with E-state index in [2.05, 4.69) is 48.2 Å². The molecular weight excluding hydrogens is 270 g/mol. The average molecular weight is 291 g/mol. The van der Waals surface area contributed by atoms with Crippen LogP contribution in [0.4, 0.5) is 5.95 Å². The highest BCUT2D eigenvalue weighted by Crippen LogP contribution is 2.25. The Labute approximate surface area is 124 Å². The number of nitrogens with one attached hydrogen (secondary N) is 1. The maximum Gasteiger partial charge on any atom is 0.226 e. The fourth-order valence-corrected chi connectivity index (χ4v) is 2.72. The second-order valence-corrected chi connectivity index (χ2v) is 6.15. The fourth-order valence-electron chi connectivity index (χ4n) is 1.84. The van der Waals surface area contributed by atoms with Gasteiger partial charge in [-0.15, -0.1) is 11.3 Å². The highest BCUT2D eigenvalue weighted by Gasteiger charge is 2.10. The van der Waals surface area contributed by atoms with E-state index in [1.807, 2.05) is 13.0 Å². The van der Waals surface area contributed by atoms with Gasteiger partial charge in [-0.3, -0.25) is 0 Å². The number of aryl methyl sites for hydroxylation is 2. The van der Waals surface area contributed by atoms with Crippen LogP contribution in [0.2, 0.25) is 0 Å². The van der Waals surface area contributed by atoms with Crippen molar-refractivity contribution in [3.63, 3.8) is 0 Å². The molecule has 2 aromatic rings. The first kappa shape index (κ1) is 14.8. The summed E-state index contributed by atoms with van der Waals surface area (Å²) in [6, 6.07) is 6.32. The summed E-state index contributed by atoms with van der Waals surface area (Å²) in [5.41, 5.74) is 0.906. The van der Waals surface area contributed by atoms with Gasteiger partial charge in [-0.25, -0.2) is 4.98 Å². The normalized spacial score (nSPS) is 12.2. The first-order valence-electron chi connectivity index (χ1n) is 6.90. The van der Waals surface area contributed by atoms with Crippen molar-refractivity contribution in [3.8, 4) is 5.88 Å². The van der Waals surface area contributed by atoms with Crippen LogP contribution in [0, 0.1) is 13.8 Å². The van der Waals surface area contributed by atoms with Crippen LogP contribution >= 0.6 is 11.3 Å². The lowest BCUT2D eigenvalue weighted by Crippen LogP contribution is -2.10. The molecule has 0 radical (unpaired) electrons. The molecule has 0 saturated heterocycles. The Bertz CT molecular complexity index is 568. The van der Waals surface area contributed by atoms with E-state index in [1.165, 1.54) is 9.75 Å². The highest BCUT2D eigenvalue weighted by molar-refractivity contribution is 7.12. The van der Waals surface area contributed by atoms with Crippen molar-refractivity contribution in [3.05, 3.63) is 33.6 Å². The van der Waals surface area contributed by atoms with Gasteiger partial charge in [0.1, 0.15) is 0 Å². The molecule has 0 saturated carbocycles. The molecule has 1 N–H and O–H groups in total. The Morgan fingerprint density at radius 1 is 1.30 bits per heavy atom. The maximum atomic E-state index is 5.58. The number of hydrogen-bond acceptors (Lipinski definition) is 5. The Balaban J connectivity index is 2.10. The third-order valence-corrected chi connectivity index (χ3v) is 4.00. The zero-order chi connectivity index (χ0) is 14.5. The minimum Gasteiger partial charge on any atom is -0.478 e. The van der Waals surface area contributed by atoms with Crippen LogP contribution in [-0.4, -0.2) is 16.6 Å². The number of thiophene rings is 1. The van der Waals surface area contributed by atoms with E-state index in [1.54, 1.807) is 11.3 Å². The van der Waals surface area contributed by atoms with Crippen molar-refractivity contribution in [2.24, 2.45) is 0 Å². The molecule has 2 heterocycles. The molecule has 0 aromatic carbocycles. The predicted octanol–water partition coefficient (Wildman–Crippen LogP) is 4.12. The SMILES string of the molecule is CCCOc1cc(C)nc(NC(C)c2ccc(C)s2)n1. The van der Waals surface area contributed by atoms with Crippen LogP contribution in [0.25, 0.3) is 0 Å². The van der Waals surface area contributed by atoms with Crippen LogP contribution in [-0.2, 0) is 0 Å². The summed E-state index contributed by atoms with van der Waals surface area (Å²) >= 11 is 1.79. The molecule has 5 heteroatoms. The van der Waals surface area contributed by atoms with E-state index in [0.717, 1.165) is 12.1 Å². The van der Waals surface area contributed by atoms with Crippen LogP contribution in [0.1, 0.15) is 41.8 Å². The minimum atomic E-state index is 0.189. The monoisotopic (exact) mass is 291 g/mol. The summed E-state index contributed by atoms with van der Waals surface area (Å²) in [7, 11) is 0. The van der Waals surface area contributed by atoms with Gasteiger partial charge in [0.25, 0.3) is 0 Å². The number of nitrogens with zero attached hydrogens (tertiary/aromatic N) is 2. The molecule has 108 valence electrons. The zero-order valence-electron chi connectivity index (χ0n) is 12.4. The number of ether oxygens (including phenoxy) is 1. The van der Waals surface area contributed by atoms with Gasteiger partial charge in [0.05, 0.1) is 12.6 Å². The van der Waals surface area contributed by atoms with Crippen LogP contribution in [0.5, 0.6) is 5.88 Å². The lowest BCUT2D eigenvalue weighted by molar-refractivity contribution is 0.305. The van der Waals surface area contributed by atoms with E-state index in [0.29, 0.717) is 18.4 Å². The van der Waals surface area contributed by atoms with Crippen molar-refractivity contribution < 1.29 is 4.74 Å². The lowest BCUT2D eigenvalue weighted by atomic mass is 10.3. The molecule has 1 atom stereocenters. The predicted molar refractivity (Wildman–Crippen MR) is 83.6 cm³/mol. The van der Waals surface area contributed by atoms with E-state index in [9.17, 15) is 0 Å². The molecule has 20 heavy (non-hydrogen) atoms.